The van der Waals surface area contributed by atoms with Crippen molar-refractivity contribution in [3.05, 3.63) is 76.2 Å². The summed E-state index contributed by atoms with van der Waals surface area (Å²) in [6.07, 6.45) is 2.41. The number of amides is 3. The summed E-state index contributed by atoms with van der Waals surface area (Å²) < 4.78 is 0. The molecule has 0 fully saturated rings. The number of pyridine rings is 1. The summed E-state index contributed by atoms with van der Waals surface area (Å²) in [7, 11) is 1.68. The van der Waals surface area contributed by atoms with Gasteiger partial charge in [-0.2, -0.15) is 0 Å². The first-order chi connectivity index (χ1) is 13.1. The van der Waals surface area contributed by atoms with E-state index in [1.165, 1.54) is 4.90 Å². The molecule has 1 aromatic carbocycles. The first kappa shape index (κ1) is 17.5. The SMILES string of the molecule is CN1C(=O)N[C@H](c2ccccc2Cl)C2=C1CN(CCc1ccccn1)C2=O. The van der Waals surface area contributed by atoms with Gasteiger partial charge in [0.2, 0.25) is 0 Å². The van der Waals surface area contributed by atoms with E-state index < -0.39 is 6.04 Å². The van der Waals surface area contributed by atoms with E-state index in [4.69, 9.17) is 11.6 Å². The molecule has 6 nitrogen and oxygen atoms in total. The van der Waals surface area contributed by atoms with E-state index >= 15 is 0 Å². The monoisotopic (exact) mass is 382 g/mol. The van der Waals surface area contributed by atoms with Crippen LogP contribution in [0.4, 0.5) is 4.79 Å². The van der Waals surface area contributed by atoms with Gasteiger partial charge in [-0.05, 0) is 23.8 Å². The molecule has 7 heteroatoms. The molecule has 1 aromatic heterocycles. The molecule has 0 radical (unpaired) electrons. The van der Waals surface area contributed by atoms with Crippen molar-refractivity contribution in [1.82, 2.24) is 20.1 Å². The Morgan fingerprint density at radius 3 is 2.70 bits per heavy atom. The van der Waals surface area contributed by atoms with E-state index in [-0.39, 0.29) is 11.9 Å². The maximum Gasteiger partial charge on any atom is 0.322 e. The number of nitrogens with one attached hydrogen (secondary N) is 1. The fraction of sp³-hybridized carbons (Fsp3) is 0.250. The van der Waals surface area contributed by atoms with Gasteiger partial charge in [0.1, 0.15) is 0 Å². The van der Waals surface area contributed by atoms with Crippen molar-refractivity contribution in [2.24, 2.45) is 0 Å². The number of nitrogens with zero attached hydrogens (tertiary/aromatic N) is 3. The van der Waals surface area contributed by atoms with Crippen molar-refractivity contribution < 1.29 is 9.59 Å². The number of halogens is 1. The highest BCUT2D eigenvalue weighted by Crippen LogP contribution is 2.37. The highest BCUT2D eigenvalue weighted by atomic mass is 35.5. The Morgan fingerprint density at radius 1 is 1.19 bits per heavy atom. The van der Waals surface area contributed by atoms with E-state index in [0.29, 0.717) is 30.1 Å². The van der Waals surface area contributed by atoms with E-state index in [9.17, 15) is 9.59 Å². The van der Waals surface area contributed by atoms with Gasteiger partial charge in [-0.15, -0.1) is 0 Å². The average molecular weight is 383 g/mol. The molecule has 0 bridgehead atoms. The molecule has 1 N–H and O–H groups in total. The highest BCUT2D eigenvalue weighted by molar-refractivity contribution is 6.31. The first-order valence-electron chi connectivity index (χ1n) is 8.77. The highest BCUT2D eigenvalue weighted by Gasteiger charge is 2.43. The molecular weight excluding hydrogens is 364 g/mol. The molecule has 27 heavy (non-hydrogen) atoms. The van der Waals surface area contributed by atoms with Crippen LogP contribution < -0.4 is 5.32 Å². The van der Waals surface area contributed by atoms with Crippen LogP contribution in [0.5, 0.6) is 0 Å². The number of benzene rings is 1. The number of aromatic nitrogens is 1. The summed E-state index contributed by atoms with van der Waals surface area (Å²) in [5, 5.41) is 3.43. The molecule has 2 aliphatic rings. The van der Waals surface area contributed by atoms with Crippen molar-refractivity contribution in [2.75, 3.05) is 20.1 Å². The smallest absolute Gasteiger partial charge is 0.322 e. The molecule has 0 aliphatic carbocycles. The van der Waals surface area contributed by atoms with Crippen LogP contribution in [0.2, 0.25) is 5.02 Å². The van der Waals surface area contributed by atoms with Gasteiger partial charge in [0.05, 0.1) is 23.9 Å². The van der Waals surface area contributed by atoms with E-state index in [0.717, 1.165) is 17.0 Å². The quantitative estimate of drug-likeness (QED) is 0.884. The number of rotatable bonds is 4. The molecule has 138 valence electrons. The van der Waals surface area contributed by atoms with Crippen LogP contribution in [0.25, 0.3) is 0 Å². The van der Waals surface area contributed by atoms with Gasteiger partial charge < -0.3 is 10.2 Å². The molecule has 0 saturated heterocycles. The Hall–Kier alpha value is -2.86. The Balaban J connectivity index is 1.61. The van der Waals surface area contributed by atoms with Gasteiger partial charge in [-0.25, -0.2) is 4.79 Å². The summed E-state index contributed by atoms with van der Waals surface area (Å²) in [6.45, 7) is 0.950. The zero-order valence-corrected chi connectivity index (χ0v) is 15.6. The van der Waals surface area contributed by atoms with Gasteiger partial charge in [-0.3, -0.25) is 14.7 Å². The Morgan fingerprint density at radius 2 is 1.96 bits per heavy atom. The van der Waals surface area contributed by atoms with E-state index in [1.807, 2.05) is 36.4 Å². The van der Waals surface area contributed by atoms with Crippen molar-refractivity contribution >= 4 is 23.5 Å². The molecule has 3 heterocycles. The standard InChI is InChI=1S/C20H19ClN4O2/c1-24-16-12-25(11-9-13-6-4-5-10-22-13)19(26)17(16)18(23-20(24)27)14-7-2-3-8-15(14)21/h2-8,10,18H,9,11-12H2,1H3,(H,23,27)/t18-/m1/s1. The lowest BCUT2D eigenvalue weighted by Gasteiger charge is -2.31. The second-order valence-corrected chi connectivity index (χ2v) is 7.03. The van der Waals surface area contributed by atoms with Crippen LogP contribution in [0.15, 0.2) is 59.9 Å². The van der Waals surface area contributed by atoms with Crippen LogP contribution in [0.1, 0.15) is 17.3 Å². The summed E-state index contributed by atoms with van der Waals surface area (Å²) in [6, 6.07) is 12.2. The van der Waals surface area contributed by atoms with Gasteiger partial charge >= 0.3 is 6.03 Å². The maximum absolute atomic E-state index is 13.1. The molecule has 0 unspecified atom stereocenters. The van der Waals surface area contributed by atoms with Gasteiger partial charge in [0.15, 0.2) is 0 Å². The predicted molar refractivity (Wildman–Crippen MR) is 102 cm³/mol. The number of hydrogen-bond acceptors (Lipinski definition) is 3. The zero-order valence-electron chi connectivity index (χ0n) is 14.9. The lowest BCUT2D eigenvalue weighted by atomic mass is 9.95. The predicted octanol–water partition coefficient (Wildman–Crippen LogP) is 2.77. The second-order valence-electron chi connectivity index (χ2n) is 6.62. The van der Waals surface area contributed by atoms with Crippen molar-refractivity contribution in [2.45, 2.75) is 12.5 Å². The van der Waals surface area contributed by atoms with Gasteiger partial charge in [0, 0.05) is 36.9 Å². The Kier molecular flexibility index (Phi) is 4.58. The Bertz CT molecular complexity index is 929. The number of likely N-dealkylation sites (N-methyl/N-ethyl adjacent to an activating group) is 1. The molecule has 2 aromatic rings. The number of urea groups is 1. The number of hydrogen-bond donors (Lipinski definition) is 1. The maximum atomic E-state index is 13.1. The lowest BCUT2D eigenvalue weighted by Crippen LogP contribution is -2.45. The van der Waals surface area contributed by atoms with E-state index in [1.54, 1.807) is 24.2 Å². The van der Waals surface area contributed by atoms with Crippen LogP contribution >= 0.6 is 11.6 Å². The molecule has 0 spiro atoms. The summed E-state index contributed by atoms with van der Waals surface area (Å²) in [5.74, 6) is -0.0716. The van der Waals surface area contributed by atoms with Crippen molar-refractivity contribution in [1.29, 1.82) is 0 Å². The fourth-order valence-electron chi connectivity index (χ4n) is 3.54. The third kappa shape index (κ3) is 3.17. The zero-order chi connectivity index (χ0) is 19.0. The van der Waals surface area contributed by atoms with Crippen LogP contribution in [-0.2, 0) is 11.2 Å². The van der Waals surface area contributed by atoms with Crippen LogP contribution in [-0.4, -0.2) is 46.9 Å². The fourth-order valence-corrected chi connectivity index (χ4v) is 3.79. The third-order valence-corrected chi connectivity index (χ3v) is 5.36. The number of carbonyl (C=O) groups is 2. The average Bonchev–Trinajstić information content (AvgIpc) is 3.01. The Labute approximate surface area is 162 Å². The normalized spacial score (nSPS) is 19.4. The third-order valence-electron chi connectivity index (χ3n) is 5.02. The first-order valence-corrected chi connectivity index (χ1v) is 9.15. The molecular formula is C20H19ClN4O2. The van der Waals surface area contributed by atoms with Crippen molar-refractivity contribution in [3.63, 3.8) is 0 Å². The van der Waals surface area contributed by atoms with E-state index in [2.05, 4.69) is 10.3 Å². The van der Waals surface area contributed by atoms with Crippen LogP contribution in [0, 0.1) is 0 Å². The largest absolute Gasteiger partial charge is 0.333 e. The van der Waals surface area contributed by atoms with Crippen LogP contribution in [0.3, 0.4) is 0 Å². The topological polar surface area (TPSA) is 65.5 Å². The van der Waals surface area contributed by atoms with Gasteiger partial charge in [0.25, 0.3) is 5.91 Å². The second kappa shape index (κ2) is 7.04. The minimum Gasteiger partial charge on any atom is -0.333 e. The lowest BCUT2D eigenvalue weighted by molar-refractivity contribution is -0.125. The summed E-state index contributed by atoms with van der Waals surface area (Å²) >= 11 is 6.34. The van der Waals surface area contributed by atoms with Crippen molar-refractivity contribution in [3.8, 4) is 0 Å². The minimum atomic E-state index is -0.537. The number of carbonyl (C=O) groups excluding carboxylic acids is 2. The minimum absolute atomic E-state index is 0.0716. The van der Waals surface area contributed by atoms with Gasteiger partial charge in [-0.1, -0.05) is 35.9 Å². The molecule has 2 aliphatic heterocycles. The molecule has 1 atom stereocenters. The summed E-state index contributed by atoms with van der Waals surface area (Å²) in [5.41, 5.74) is 2.98. The molecule has 0 saturated carbocycles. The summed E-state index contributed by atoms with van der Waals surface area (Å²) in [4.78, 5) is 33.1. The molecule has 3 amide bonds. The molecule has 4 rings (SSSR count).